The molecule has 140 valence electrons. The van der Waals surface area contributed by atoms with Gasteiger partial charge in [0.25, 0.3) is 5.91 Å². The van der Waals surface area contributed by atoms with Gasteiger partial charge in [-0.2, -0.15) is 5.10 Å². The highest BCUT2D eigenvalue weighted by molar-refractivity contribution is 6.05. The summed E-state index contributed by atoms with van der Waals surface area (Å²) < 4.78 is 5.38. The van der Waals surface area contributed by atoms with E-state index in [9.17, 15) is 4.79 Å². The molecule has 6 heteroatoms. The molecular weight excluding hydrogens is 340 g/mol. The molecule has 0 saturated carbocycles. The van der Waals surface area contributed by atoms with Gasteiger partial charge < -0.3 is 10.1 Å². The number of rotatable bonds is 6. The standard InChI is InChI=1S/C21H24N4O2/c1-27-17-8-4-6-15(12-17)19(25-10-2-3-11-25)14-22-21(26)18-9-5-7-16-13-23-24-20(16)18/h4-9,12-13,19H,2-3,10-11,14H2,1H3,(H,22,26)(H,23,24). The Morgan fingerprint density at radius 3 is 2.89 bits per heavy atom. The molecule has 0 bridgehead atoms. The van der Waals surface area contributed by atoms with Crippen molar-refractivity contribution in [2.75, 3.05) is 26.7 Å². The number of aromatic nitrogens is 2. The summed E-state index contributed by atoms with van der Waals surface area (Å²) >= 11 is 0. The topological polar surface area (TPSA) is 70.2 Å². The van der Waals surface area contributed by atoms with E-state index in [2.05, 4.69) is 32.5 Å². The minimum atomic E-state index is -0.0862. The van der Waals surface area contributed by atoms with E-state index in [1.54, 1.807) is 13.3 Å². The first kappa shape index (κ1) is 17.5. The largest absolute Gasteiger partial charge is 0.497 e. The van der Waals surface area contributed by atoms with Crippen LogP contribution in [0.3, 0.4) is 0 Å². The Morgan fingerprint density at radius 1 is 1.26 bits per heavy atom. The number of hydrogen-bond donors (Lipinski definition) is 2. The predicted octanol–water partition coefficient (Wildman–Crippen LogP) is 3.14. The molecule has 1 aliphatic heterocycles. The van der Waals surface area contributed by atoms with Gasteiger partial charge in [0.2, 0.25) is 0 Å². The van der Waals surface area contributed by atoms with Crippen molar-refractivity contribution in [2.24, 2.45) is 0 Å². The maximum atomic E-state index is 12.8. The number of para-hydroxylation sites is 1. The Hall–Kier alpha value is -2.86. The van der Waals surface area contributed by atoms with Gasteiger partial charge in [0.1, 0.15) is 5.75 Å². The summed E-state index contributed by atoms with van der Waals surface area (Å²) in [6.45, 7) is 2.65. The molecule has 1 unspecified atom stereocenters. The summed E-state index contributed by atoms with van der Waals surface area (Å²) in [5.74, 6) is 0.752. The van der Waals surface area contributed by atoms with E-state index in [0.717, 1.165) is 35.3 Å². The Kier molecular flexibility index (Phi) is 5.07. The molecule has 4 rings (SSSR count). The minimum Gasteiger partial charge on any atom is -0.497 e. The normalized spacial score (nSPS) is 15.7. The molecule has 0 radical (unpaired) electrons. The van der Waals surface area contributed by atoms with Gasteiger partial charge in [0.15, 0.2) is 0 Å². The van der Waals surface area contributed by atoms with Crippen LogP contribution in [0.1, 0.15) is 34.8 Å². The number of hydrogen-bond acceptors (Lipinski definition) is 4. The molecule has 6 nitrogen and oxygen atoms in total. The van der Waals surface area contributed by atoms with Crippen LogP contribution in [-0.2, 0) is 0 Å². The molecule has 2 aromatic carbocycles. The van der Waals surface area contributed by atoms with Gasteiger partial charge in [-0.3, -0.25) is 14.8 Å². The second kappa shape index (κ2) is 7.80. The van der Waals surface area contributed by atoms with Gasteiger partial charge in [0, 0.05) is 11.9 Å². The summed E-state index contributed by atoms with van der Waals surface area (Å²) in [6, 6.07) is 13.9. The first-order valence-electron chi connectivity index (χ1n) is 9.34. The van der Waals surface area contributed by atoms with Gasteiger partial charge in [-0.15, -0.1) is 0 Å². The van der Waals surface area contributed by atoms with E-state index < -0.39 is 0 Å². The molecule has 0 aliphatic carbocycles. The molecule has 27 heavy (non-hydrogen) atoms. The van der Waals surface area contributed by atoms with Crippen molar-refractivity contribution in [1.82, 2.24) is 20.4 Å². The summed E-state index contributed by atoms with van der Waals surface area (Å²) in [7, 11) is 1.68. The number of amides is 1. The molecule has 3 aromatic rings. The molecule has 1 aliphatic rings. The van der Waals surface area contributed by atoms with Crippen LogP contribution in [0.5, 0.6) is 5.75 Å². The zero-order valence-electron chi connectivity index (χ0n) is 15.4. The number of nitrogens with one attached hydrogen (secondary N) is 2. The minimum absolute atomic E-state index is 0.0862. The average Bonchev–Trinajstić information content (AvgIpc) is 3.40. The Balaban J connectivity index is 1.54. The third-order valence-electron chi connectivity index (χ3n) is 5.24. The highest BCUT2D eigenvalue weighted by Gasteiger charge is 2.24. The maximum absolute atomic E-state index is 12.8. The van der Waals surface area contributed by atoms with E-state index in [0.29, 0.717) is 12.1 Å². The molecule has 1 saturated heterocycles. The van der Waals surface area contributed by atoms with Crippen molar-refractivity contribution in [3.63, 3.8) is 0 Å². The van der Waals surface area contributed by atoms with Crippen molar-refractivity contribution < 1.29 is 9.53 Å². The molecular formula is C21H24N4O2. The van der Waals surface area contributed by atoms with Crippen LogP contribution in [0.4, 0.5) is 0 Å². The van der Waals surface area contributed by atoms with Crippen LogP contribution in [0.2, 0.25) is 0 Å². The van der Waals surface area contributed by atoms with Gasteiger partial charge in [-0.1, -0.05) is 24.3 Å². The fourth-order valence-electron chi connectivity index (χ4n) is 3.80. The molecule has 0 spiro atoms. The zero-order chi connectivity index (χ0) is 18.6. The van der Waals surface area contributed by atoms with E-state index in [4.69, 9.17) is 4.74 Å². The number of aromatic amines is 1. The lowest BCUT2D eigenvalue weighted by atomic mass is 10.0. The van der Waals surface area contributed by atoms with E-state index in [1.807, 2.05) is 30.3 Å². The molecule has 1 aromatic heterocycles. The van der Waals surface area contributed by atoms with Crippen LogP contribution in [-0.4, -0.2) is 47.7 Å². The van der Waals surface area contributed by atoms with Crippen molar-refractivity contribution in [3.8, 4) is 5.75 Å². The van der Waals surface area contributed by atoms with Crippen LogP contribution >= 0.6 is 0 Å². The molecule has 1 amide bonds. The molecule has 1 atom stereocenters. The number of ether oxygens (including phenoxy) is 1. The van der Waals surface area contributed by atoms with E-state index in [1.165, 1.54) is 12.8 Å². The first-order valence-corrected chi connectivity index (χ1v) is 9.34. The van der Waals surface area contributed by atoms with Gasteiger partial charge in [0.05, 0.1) is 30.4 Å². The number of nitrogens with zero attached hydrogens (tertiary/aromatic N) is 2. The van der Waals surface area contributed by atoms with Crippen LogP contribution < -0.4 is 10.1 Å². The lowest BCUT2D eigenvalue weighted by Crippen LogP contribution is -2.36. The smallest absolute Gasteiger partial charge is 0.253 e. The summed E-state index contributed by atoms with van der Waals surface area (Å²) in [5.41, 5.74) is 2.56. The van der Waals surface area contributed by atoms with Crippen LogP contribution in [0.15, 0.2) is 48.7 Å². The van der Waals surface area contributed by atoms with Crippen LogP contribution in [0.25, 0.3) is 10.9 Å². The van der Waals surface area contributed by atoms with Crippen molar-refractivity contribution in [1.29, 1.82) is 0 Å². The van der Waals surface area contributed by atoms with Crippen molar-refractivity contribution in [2.45, 2.75) is 18.9 Å². The number of methoxy groups -OCH3 is 1. The van der Waals surface area contributed by atoms with Crippen molar-refractivity contribution in [3.05, 3.63) is 59.8 Å². The Labute approximate surface area is 158 Å². The quantitative estimate of drug-likeness (QED) is 0.705. The third kappa shape index (κ3) is 3.66. The van der Waals surface area contributed by atoms with E-state index >= 15 is 0 Å². The highest BCUT2D eigenvalue weighted by atomic mass is 16.5. The number of H-pyrrole nitrogens is 1. The van der Waals surface area contributed by atoms with Gasteiger partial charge >= 0.3 is 0 Å². The van der Waals surface area contributed by atoms with Gasteiger partial charge in [-0.05, 0) is 49.7 Å². The number of fused-ring (bicyclic) bond motifs is 1. The summed E-state index contributed by atoms with van der Waals surface area (Å²) in [5, 5.41) is 11.0. The van der Waals surface area contributed by atoms with E-state index in [-0.39, 0.29) is 11.9 Å². The Morgan fingerprint density at radius 2 is 2.07 bits per heavy atom. The molecule has 2 N–H and O–H groups in total. The monoisotopic (exact) mass is 364 g/mol. The zero-order valence-corrected chi connectivity index (χ0v) is 15.4. The predicted molar refractivity (Wildman–Crippen MR) is 105 cm³/mol. The summed E-state index contributed by atoms with van der Waals surface area (Å²) in [6.07, 6.45) is 4.12. The fraction of sp³-hybridized carbons (Fsp3) is 0.333. The SMILES string of the molecule is COc1cccc(C(CNC(=O)c2cccc3cn[nH]c23)N2CCCC2)c1. The number of likely N-dealkylation sites (tertiary alicyclic amines) is 1. The average molecular weight is 364 g/mol. The lowest BCUT2D eigenvalue weighted by molar-refractivity contribution is 0.0939. The summed E-state index contributed by atoms with van der Waals surface area (Å²) in [4.78, 5) is 15.3. The fourth-order valence-corrected chi connectivity index (χ4v) is 3.80. The van der Waals surface area contributed by atoms with Crippen LogP contribution in [0, 0.1) is 0 Å². The highest BCUT2D eigenvalue weighted by Crippen LogP contribution is 2.27. The number of benzene rings is 2. The third-order valence-corrected chi connectivity index (χ3v) is 5.24. The number of carbonyl (C=O) groups is 1. The Bertz CT molecular complexity index is 931. The second-order valence-electron chi connectivity index (χ2n) is 6.89. The molecule has 2 heterocycles. The second-order valence-corrected chi connectivity index (χ2v) is 6.89. The first-order chi connectivity index (χ1) is 13.3. The van der Waals surface area contributed by atoms with Gasteiger partial charge in [-0.25, -0.2) is 0 Å². The number of carbonyl (C=O) groups excluding carboxylic acids is 1. The lowest BCUT2D eigenvalue weighted by Gasteiger charge is -2.28. The molecule has 1 fully saturated rings. The van der Waals surface area contributed by atoms with Crippen molar-refractivity contribution >= 4 is 16.8 Å². The maximum Gasteiger partial charge on any atom is 0.253 e.